The minimum atomic E-state index is -0.303. The summed E-state index contributed by atoms with van der Waals surface area (Å²) >= 11 is 12.2. The summed E-state index contributed by atoms with van der Waals surface area (Å²) in [5.74, 6) is -0.393. The molecule has 0 saturated heterocycles. The fourth-order valence-electron chi connectivity index (χ4n) is 3.12. The number of aromatic nitrogens is 2. The van der Waals surface area contributed by atoms with E-state index in [2.05, 4.69) is 20.6 Å². The van der Waals surface area contributed by atoms with Gasteiger partial charge in [0.25, 0.3) is 0 Å². The summed E-state index contributed by atoms with van der Waals surface area (Å²) in [6, 6.07) is 5.39. The lowest BCUT2D eigenvalue weighted by Gasteiger charge is -2.26. The number of rotatable bonds is 2. The van der Waals surface area contributed by atoms with Gasteiger partial charge in [0.05, 0.1) is 27.8 Å². The molecule has 0 radical (unpaired) electrons. The van der Waals surface area contributed by atoms with Crippen molar-refractivity contribution in [3.05, 3.63) is 58.6 Å². The first-order chi connectivity index (χ1) is 12.1. The molecule has 0 unspecified atom stereocenters. The molecule has 2 aromatic heterocycles. The summed E-state index contributed by atoms with van der Waals surface area (Å²) in [7, 11) is 0. The van der Waals surface area contributed by atoms with E-state index in [0.29, 0.717) is 28.7 Å². The monoisotopic (exact) mass is 372 g/mol. The van der Waals surface area contributed by atoms with Gasteiger partial charge in [0.2, 0.25) is 5.91 Å². The third kappa shape index (κ3) is 3.01. The predicted octanol–water partition coefficient (Wildman–Crippen LogP) is 4.47. The zero-order valence-corrected chi connectivity index (χ0v) is 14.6. The minimum absolute atomic E-state index is 0.0905. The van der Waals surface area contributed by atoms with Crippen LogP contribution in [0.15, 0.2) is 43.0 Å². The van der Waals surface area contributed by atoms with Gasteiger partial charge in [-0.05, 0) is 30.2 Å². The summed E-state index contributed by atoms with van der Waals surface area (Å²) in [6.07, 6.45) is 7.46. The Hall–Kier alpha value is -2.37. The van der Waals surface area contributed by atoms with Crippen LogP contribution in [0.5, 0.6) is 0 Å². The van der Waals surface area contributed by atoms with Gasteiger partial charge in [0.15, 0.2) is 0 Å². The van der Waals surface area contributed by atoms with Crippen molar-refractivity contribution in [1.29, 1.82) is 0 Å². The van der Waals surface area contributed by atoms with Gasteiger partial charge in [-0.1, -0.05) is 23.2 Å². The quantitative estimate of drug-likeness (QED) is 0.695. The second-order valence-corrected chi connectivity index (χ2v) is 6.71. The molecular weight excluding hydrogens is 359 g/mol. The summed E-state index contributed by atoms with van der Waals surface area (Å²) in [6.45, 7) is 0.695. The number of nitrogens with zero attached hydrogens (tertiary/aromatic N) is 2. The van der Waals surface area contributed by atoms with Crippen LogP contribution in [-0.4, -0.2) is 22.4 Å². The molecule has 25 heavy (non-hydrogen) atoms. The van der Waals surface area contributed by atoms with Gasteiger partial charge in [-0.2, -0.15) is 0 Å². The lowest BCUT2D eigenvalue weighted by atomic mass is 9.90. The Bertz CT molecular complexity index is 971. The number of anilines is 2. The van der Waals surface area contributed by atoms with Crippen molar-refractivity contribution in [3.8, 4) is 0 Å². The molecule has 0 bridgehead atoms. The van der Waals surface area contributed by atoms with Crippen molar-refractivity contribution in [1.82, 2.24) is 9.97 Å². The third-order valence-corrected chi connectivity index (χ3v) is 5.07. The zero-order chi connectivity index (χ0) is 17.4. The highest BCUT2D eigenvalue weighted by Gasteiger charge is 2.28. The van der Waals surface area contributed by atoms with Gasteiger partial charge < -0.3 is 10.6 Å². The summed E-state index contributed by atoms with van der Waals surface area (Å²) in [5, 5.41) is 8.96. The number of amides is 1. The first-order valence-corrected chi connectivity index (χ1v) is 8.60. The van der Waals surface area contributed by atoms with Crippen molar-refractivity contribution in [3.63, 3.8) is 0 Å². The zero-order valence-electron chi connectivity index (χ0n) is 13.1. The molecule has 4 rings (SSSR count). The second-order valence-electron chi connectivity index (χ2n) is 5.89. The highest BCUT2D eigenvalue weighted by Crippen LogP contribution is 2.38. The van der Waals surface area contributed by atoms with Crippen LogP contribution in [0.25, 0.3) is 10.8 Å². The van der Waals surface area contributed by atoms with Crippen LogP contribution >= 0.6 is 23.2 Å². The van der Waals surface area contributed by atoms with E-state index in [1.165, 1.54) is 0 Å². The van der Waals surface area contributed by atoms with Gasteiger partial charge in [-0.3, -0.25) is 14.8 Å². The maximum atomic E-state index is 12.9. The third-order valence-electron chi connectivity index (χ3n) is 4.35. The smallest absolute Gasteiger partial charge is 0.232 e. The number of hydrogen-bond donors (Lipinski definition) is 2. The first-order valence-electron chi connectivity index (χ1n) is 7.85. The van der Waals surface area contributed by atoms with E-state index >= 15 is 0 Å². The van der Waals surface area contributed by atoms with Crippen molar-refractivity contribution < 1.29 is 4.79 Å². The molecule has 0 saturated carbocycles. The number of halogens is 2. The van der Waals surface area contributed by atoms with Crippen LogP contribution in [0.2, 0.25) is 10.0 Å². The molecule has 0 spiro atoms. The number of pyridine rings is 2. The number of nitrogens with one attached hydrogen (secondary N) is 2. The molecule has 0 fully saturated rings. The SMILES string of the molecule is O=C(Nc1cncc2cnccc12)[C@@H]1CCNc2cc(Cl)c(Cl)cc21. The maximum Gasteiger partial charge on any atom is 0.232 e. The summed E-state index contributed by atoms with van der Waals surface area (Å²) in [4.78, 5) is 21.2. The van der Waals surface area contributed by atoms with Crippen molar-refractivity contribution in [2.75, 3.05) is 17.2 Å². The van der Waals surface area contributed by atoms with Crippen LogP contribution in [-0.2, 0) is 4.79 Å². The highest BCUT2D eigenvalue weighted by atomic mass is 35.5. The molecule has 1 amide bonds. The van der Waals surface area contributed by atoms with Crippen LogP contribution in [0.1, 0.15) is 17.9 Å². The fourth-order valence-corrected chi connectivity index (χ4v) is 3.45. The van der Waals surface area contributed by atoms with Crippen LogP contribution in [0.4, 0.5) is 11.4 Å². The molecule has 3 aromatic rings. The predicted molar refractivity (Wildman–Crippen MR) is 100 cm³/mol. The number of benzene rings is 1. The average Bonchev–Trinajstić information content (AvgIpc) is 2.62. The van der Waals surface area contributed by atoms with Gasteiger partial charge in [-0.25, -0.2) is 0 Å². The summed E-state index contributed by atoms with van der Waals surface area (Å²) < 4.78 is 0. The van der Waals surface area contributed by atoms with Gasteiger partial charge >= 0.3 is 0 Å². The Morgan fingerprint density at radius 2 is 1.96 bits per heavy atom. The van der Waals surface area contributed by atoms with Crippen molar-refractivity contribution in [2.45, 2.75) is 12.3 Å². The standard InChI is InChI=1S/C18H14Cl2N4O/c19-14-5-13-12(2-4-23-16(13)6-15(14)20)18(25)24-17-9-22-8-10-7-21-3-1-11(10)17/h1,3,5-9,12,23H,2,4H2,(H,24,25)/t12-/m1/s1. The van der Waals surface area contributed by atoms with E-state index in [9.17, 15) is 4.79 Å². The van der Waals surface area contributed by atoms with E-state index in [0.717, 1.165) is 22.0 Å². The number of hydrogen-bond acceptors (Lipinski definition) is 4. The van der Waals surface area contributed by atoms with E-state index in [1.54, 1.807) is 36.9 Å². The first kappa shape index (κ1) is 16.1. The molecule has 1 atom stereocenters. The largest absolute Gasteiger partial charge is 0.385 e. The van der Waals surface area contributed by atoms with Crippen LogP contribution in [0.3, 0.4) is 0 Å². The van der Waals surface area contributed by atoms with E-state index < -0.39 is 0 Å². The Labute approximate surface area is 154 Å². The number of carbonyl (C=O) groups is 1. The average molecular weight is 373 g/mol. The molecule has 3 heterocycles. The number of carbonyl (C=O) groups excluding carboxylic acids is 1. The molecule has 2 N–H and O–H groups in total. The number of fused-ring (bicyclic) bond motifs is 2. The van der Waals surface area contributed by atoms with Crippen molar-refractivity contribution >= 4 is 51.3 Å². The normalized spacial score (nSPS) is 16.2. The molecule has 5 nitrogen and oxygen atoms in total. The lowest BCUT2D eigenvalue weighted by molar-refractivity contribution is -0.117. The van der Waals surface area contributed by atoms with Gasteiger partial charge in [0.1, 0.15) is 0 Å². The van der Waals surface area contributed by atoms with Gasteiger partial charge in [-0.15, -0.1) is 0 Å². The lowest BCUT2D eigenvalue weighted by Crippen LogP contribution is -2.27. The Balaban J connectivity index is 1.67. The molecule has 1 aliphatic rings. The van der Waals surface area contributed by atoms with Crippen LogP contribution in [0, 0.1) is 0 Å². The minimum Gasteiger partial charge on any atom is -0.385 e. The topological polar surface area (TPSA) is 66.9 Å². The van der Waals surface area contributed by atoms with Gasteiger partial charge in [0, 0.05) is 41.6 Å². The molecule has 0 aliphatic carbocycles. The Morgan fingerprint density at radius 1 is 1.16 bits per heavy atom. The fraction of sp³-hybridized carbons (Fsp3) is 0.167. The Kier molecular flexibility index (Phi) is 4.19. The Morgan fingerprint density at radius 3 is 2.84 bits per heavy atom. The van der Waals surface area contributed by atoms with Crippen molar-refractivity contribution in [2.24, 2.45) is 0 Å². The molecular formula is C18H14Cl2N4O. The molecule has 1 aliphatic heterocycles. The highest BCUT2D eigenvalue weighted by molar-refractivity contribution is 6.42. The van der Waals surface area contributed by atoms with E-state index in [4.69, 9.17) is 23.2 Å². The summed E-state index contributed by atoms with van der Waals surface area (Å²) in [5.41, 5.74) is 2.37. The van der Waals surface area contributed by atoms with Crippen LogP contribution < -0.4 is 10.6 Å². The molecule has 1 aromatic carbocycles. The molecule has 7 heteroatoms. The second kappa shape index (κ2) is 6.50. The van der Waals surface area contributed by atoms with E-state index in [-0.39, 0.29) is 11.8 Å². The molecule has 126 valence electrons. The maximum absolute atomic E-state index is 12.9. The van der Waals surface area contributed by atoms with E-state index in [1.807, 2.05) is 6.07 Å².